The number of nitrogens with one attached hydrogen (secondary N) is 2. The van der Waals surface area contributed by atoms with Gasteiger partial charge in [0.15, 0.2) is 0 Å². The maximum atomic E-state index is 12.1. The molecule has 3 N–H and O–H groups in total. The van der Waals surface area contributed by atoms with Crippen LogP contribution < -0.4 is 15.4 Å². The van der Waals surface area contributed by atoms with Crippen molar-refractivity contribution in [2.45, 2.75) is 45.6 Å². The zero-order chi connectivity index (χ0) is 15.9. The molecule has 1 aliphatic rings. The van der Waals surface area contributed by atoms with Gasteiger partial charge in [-0.15, -0.1) is 0 Å². The molecule has 1 aliphatic carbocycles. The van der Waals surface area contributed by atoms with E-state index in [2.05, 4.69) is 10.6 Å². The largest absolute Gasteiger partial charge is 0.494 e. The molecule has 0 bridgehead atoms. The van der Waals surface area contributed by atoms with Gasteiger partial charge in [-0.05, 0) is 69.2 Å². The Kier molecular flexibility index (Phi) is 6.07. The molecule has 0 unspecified atom stereocenters. The van der Waals surface area contributed by atoms with Crippen LogP contribution in [0.5, 0.6) is 5.75 Å². The number of amides is 2. The highest BCUT2D eigenvalue weighted by atomic mass is 16.5. The predicted octanol–water partition coefficient (Wildman–Crippen LogP) is 3.07. The molecule has 1 aromatic carbocycles. The van der Waals surface area contributed by atoms with Gasteiger partial charge in [0, 0.05) is 18.3 Å². The number of carbonyl (C=O) groups is 1. The number of aliphatic hydroxyl groups excluding tert-OH is 1. The molecule has 0 aromatic heterocycles. The van der Waals surface area contributed by atoms with E-state index in [1.807, 2.05) is 32.0 Å². The Morgan fingerprint density at radius 3 is 2.64 bits per heavy atom. The highest BCUT2D eigenvalue weighted by molar-refractivity contribution is 5.89. The molecule has 2 amide bonds. The van der Waals surface area contributed by atoms with Crippen LogP contribution in [0.1, 0.15) is 38.2 Å². The Labute approximate surface area is 132 Å². The van der Waals surface area contributed by atoms with E-state index in [1.165, 1.54) is 0 Å². The molecule has 22 heavy (non-hydrogen) atoms. The van der Waals surface area contributed by atoms with Crippen molar-refractivity contribution in [3.05, 3.63) is 23.8 Å². The van der Waals surface area contributed by atoms with Gasteiger partial charge in [0.2, 0.25) is 0 Å². The van der Waals surface area contributed by atoms with Crippen LogP contribution in [0.25, 0.3) is 0 Å². The van der Waals surface area contributed by atoms with Crippen LogP contribution in [0.2, 0.25) is 0 Å². The van der Waals surface area contributed by atoms with Crippen molar-refractivity contribution in [2.75, 3.05) is 18.5 Å². The lowest BCUT2D eigenvalue weighted by atomic mass is 9.87. The van der Waals surface area contributed by atoms with Crippen LogP contribution in [0.15, 0.2) is 18.2 Å². The molecular formula is C17H26N2O3. The minimum Gasteiger partial charge on any atom is -0.494 e. The fourth-order valence-electron chi connectivity index (χ4n) is 2.89. The van der Waals surface area contributed by atoms with E-state index < -0.39 is 0 Å². The first kappa shape index (κ1) is 16.6. The lowest BCUT2D eigenvalue weighted by Gasteiger charge is -2.28. The summed E-state index contributed by atoms with van der Waals surface area (Å²) in [6, 6.07) is 5.66. The van der Waals surface area contributed by atoms with Crippen LogP contribution in [0.3, 0.4) is 0 Å². The van der Waals surface area contributed by atoms with Gasteiger partial charge < -0.3 is 20.5 Å². The van der Waals surface area contributed by atoms with Crippen LogP contribution in [0.4, 0.5) is 10.5 Å². The van der Waals surface area contributed by atoms with Crippen molar-refractivity contribution >= 4 is 11.7 Å². The first-order valence-corrected chi connectivity index (χ1v) is 8.04. The summed E-state index contributed by atoms with van der Waals surface area (Å²) < 4.78 is 5.49. The predicted molar refractivity (Wildman–Crippen MR) is 87.3 cm³/mol. The van der Waals surface area contributed by atoms with E-state index in [4.69, 9.17) is 9.84 Å². The number of carbonyl (C=O) groups excluding carboxylic acids is 1. The molecule has 0 radical (unpaired) electrons. The zero-order valence-electron chi connectivity index (χ0n) is 13.4. The lowest BCUT2D eigenvalue weighted by Crippen LogP contribution is -2.40. The minimum atomic E-state index is -0.170. The summed E-state index contributed by atoms with van der Waals surface area (Å²) in [6.45, 7) is 4.80. The van der Waals surface area contributed by atoms with E-state index in [0.717, 1.165) is 42.7 Å². The summed E-state index contributed by atoms with van der Waals surface area (Å²) >= 11 is 0. The maximum Gasteiger partial charge on any atom is 0.319 e. The number of aryl methyl sites for hydroxylation is 1. The number of hydrogen-bond donors (Lipinski definition) is 3. The first-order chi connectivity index (χ1) is 10.6. The highest BCUT2D eigenvalue weighted by Gasteiger charge is 2.21. The van der Waals surface area contributed by atoms with Gasteiger partial charge in [-0.25, -0.2) is 4.79 Å². The zero-order valence-corrected chi connectivity index (χ0v) is 13.4. The molecule has 1 fully saturated rings. The molecule has 0 saturated heterocycles. The Balaban J connectivity index is 1.83. The van der Waals surface area contributed by atoms with Crippen molar-refractivity contribution in [2.24, 2.45) is 5.92 Å². The summed E-state index contributed by atoms with van der Waals surface area (Å²) in [7, 11) is 0. The van der Waals surface area contributed by atoms with Gasteiger partial charge >= 0.3 is 6.03 Å². The second-order valence-electron chi connectivity index (χ2n) is 5.91. The van der Waals surface area contributed by atoms with Crippen molar-refractivity contribution in [3.63, 3.8) is 0 Å². The molecule has 1 saturated carbocycles. The summed E-state index contributed by atoms with van der Waals surface area (Å²) in [5, 5.41) is 15.0. The molecule has 1 aromatic rings. The normalized spacial score (nSPS) is 21.2. The number of hydrogen-bond acceptors (Lipinski definition) is 3. The first-order valence-electron chi connectivity index (χ1n) is 8.04. The molecule has 2 rings (SSSR count). The second-order valence-corrected chi connectivity index (χ2v) is 5.91. The summed E-state index contributed by atoms with van der Waals surface area (Å²) in [6.07, 6.45) is 3.81. The van der Waals surface area contributed by atoms with Gasteiger partial charge in [0.1, 0.15) is 5.75 Å². The van der Waals surface area contributed by atoms with Crippen molar-refractivity contribution in [1.82, 2.24) is 5.32 Å². The average Bonchev–Trinajstić information content (AvgIpc) is 2.51. The SMILES string of the molecule is CCOc1ccc(NC(=O)NC2CCC(CO)CC2)cc1C. The van der Waals surface area contributed by atoms with Crippen LogP contribution >= 0.6 is 0 Å². The Morgan fingerprint density at radius 1 is 1.32 bits per heavy atom. The van der Waals surface area contributed by atoms with Crippen LogP contribution in [-0.2, 0) is 0 Å². The third-order valence-electron chi connectivity index (χ3n) is 4.17. The number of rotatable bonds is 5. The summed E-state index contributed by atoms with van der Waals surface area (Å²) in [4.78, 5) is 12.1. The van der Waals surface area contributed by atoms with Crippen molar-refractivity contribution in [3.8, 4) is 5.75 Å². The van der Waals surface area contributed by atoms with E-state index in [0.29, 0.717) is 12.5 Å². The molecular weight excluding hydrogens is 280 g/mol. The third kappa shape index (κ3) is 4.63. The number of urea groups is 1. The van der Waals surface area contributed by atoms with E-state index in [1.54, 1.807) is 0 Å². The molecule has 122 valence electrons. The quantitative estimate of drug-likeness (QED) is 0.783. The van der Waals surface area contributed by atoms with Crippen LogP contribution in [0, 0.1) is 12.8 Å². The van der Waals surface area contributed by atoms with Gasteiger partial charge in [-0.1, -0.05) is 0 Å². The third-order valence-corrected chi connectivity index (χ3v) is 4.17. The van der Waals surface area contributed by atoms with E-state index >= 15 is 0 Å². The Morgan fingerprint density at radius 2 is 2.05 bits per heavy atom. The van der Waals surface area contributed by atoms with Gasteiger partial charge in [-0.3, -0.25) is 0 Å². The van der Waals surface area contributed by atoms with Gasteiger partial charge in [0.05, 0.1) is 6.61 Å². The van der Waals surface area contributed by atoms with Crippen LogP contribution in [-0.4, -0.2) is 30.4 Å². The fraction of sp³-hybridized carbons (Fsp3) is 0.588. The summed E-state index contributed by atoms with van der Waals surface area (Å²) in [5.74, 6) is 1.24. The highest BCUT2D eigenvalue weighted by Crippen LogP contribution is 2.24. The van der Waals surface area contributed by atoms with Crippen molar-refractivity contribution in [1.29, 1.82) is 0 Å². The maximum absolute atomic E-state index is 12.1. The number of ether oxygens (including phenoxy) is 1. The fourth-order valence-corrected chi connectivity index (χ4v) is 2.89. The lowest BCUT2D eigenvalue weighted by molar-refractivity contribution is 0.176. The second kappa shape index (κ2) is 8.03. The van der Waals surface area contributed by atoms with Crippen molar-refractivity contribution < 1.29 is 14.6 Å². The molecule has 0 aliphatic heterocycles. The average molecular weight is 306 g/mol. The monoisotopic (exact) mass is 306 g/mol. The molecule has 5 heteroatoms. The number of anilines is 1. The smallest absolute Gasteiger partial charge is 0.319 e. The van der Waals surface area contributed by atoms with E-state index in [9.17, 15) is 4.79 Å². The van der Waals surface area contributed by atoms with Gasteiger partial charge in [-0.2, -0.15) is 0 Å². The molecule has 0 heterocycles. The summed E-state index contributed by atoms with van der Waals surface area (Å²) in [5.41, 5.74) is 1.77. The van der Waals surface area contributed by atoms with Gasteiger partial charge in [0.25, 0.3) is 0 Å². The number of benzene rings is 1. The minimum absolute atomic E-state index is 0.170. The van der Waals surface area contributed by atoms with E-state index in [-0.39, 0.29) is 18.7 Å². The number of aliphatic hydroxyl groups is 1. The molecule has 0 atom stereocenters. The molecule has 0 spiro atoms. The molecule has 5 nitrogen and oxygen atoms in total. The Bertz CT molecular complexity index is 497. The Hall–Kier alpha value is -1.75. The topological polar surface area (TPSA) is 70.6 Å². The standard InChI is InChI=1S/C17H26N2O3/c1-3-22-16-9-8-15(10-12(16)2)19-17(21)18-14-6-4-13(11-20)5-7-14/h8-10,13-14,20H,3-7,11H2,1-2H3,(H2,18,19,21).